The Morgan fingerprint density at radius 2 is 2.05 bits per heavy atom. The Balaban J connectivity index is 2.10. The zero-order valence-corrected chi connectivity index (χ0v) is 10.4. The molecule has 1 aromatic carbocycles. The van der Waals surface area contributed by atoms with Gasteiger partial charge >= 0.3 is 0 Å². The average molecular weight is 260 g/mol. The average Bonchev–Trinajstić information content (AvgIpc) is 2.46. The molecule has 1 amide bonds. The van der Waals surface area contributed by atoms with Gasteiger partial charge in [-0.25, -0.2) is 4.39 Å². The number of pyridine rings is 1. The standard InChI is InChI=1S/C14H13FN2O2/c1-19-13-3-2-11(15)8-12(13)14(18)17-9-10-4-6-16-7-5-10/h2-8H,9H2,1H3,(H,17,18). The normalized spacial score (nSPS) is 10.0. The highest BCUT2D eigenvalue weighted by atomic mass is 19.1. The van der Waals surface area contributed by atoms with Crippen LogP contribution in [0.1, 0.15) is 15.9 Å². The number of nitrogens with zero attached hydrogens (tertiary/aromatic N) is 1. The second kappa shape index (κ2) is 5.95. The van der Waals surface area contributed by atoms with E-state index in [1.807, 2.05) is 0 Å². The fraction of sp³-hybridized carbons (Fsp3) is 0.143. The monoisotopic (exact) mass is 260 g/mol. The number of hydrogen-bond donors (Lipinski definition) is 1. The SMILES string of the molecule is COc1ccc(F)cc1C(=O)NCc1ccncc1. The molecule has 0 spiro atoms. The summed E-state index contributed by atoms with van der Waals surface area (Å²) in [6.07, 6.45) is 3.29. The molecule has 0 aliphatic rings. The van der Waals surface area contributed by atoms with Gasteiger partial charge in [0, 0.05) is 18.9 Å². The molecule has 4 nitrogen and oxygen atoms in total. The minimum Gasteiger partial charge on any atom is -0.496 e. The van der Waals surface area contributed by atoms with Crippen molar-refractivity contribution < 1.29 is 13.9 Å². The number of aromatic nitrogens is 1. The fourth-order valence-electron chi connectivity index (χ4n) is 1.64. The molecule has 1 heterocycles. The van der Waals surface area contributed by atoms with Crippen LogP contribution in [0.15, 0.2) is 42.7 Å². The number of methoxy groups -OCH3 is 1. The molecule has 0 atom stereocenters. The van der Waals surface area contributed by atoms with E-state index in [-0.39, 0.29) is 11.5 Å². The Morgan fingerprint density at radius 3 is 2.74 bits per heavy atom. The molecule has 0 unspecified atom stereocenters. The first-order chi connectivity index (χ1) is 9.20. The third-order valence-electron chi connectivity index (χ3n) is 2.61. The number of ether oxygens (including phenoxy) is 1. The molecule has 1 aromatic heterocycles. The summed E-state index contributed by atoms with van der Waals surface area (Å²) in [6.45, 7) is 0.348. The van der Waals surface area contributed by atoms with Crippen molar-refractivity contribution >= 4 is 5.91 Å². The second-order valence-corrected chi connectivity index (χ2v) is 3.88. The van der Waals surface area contributed by atoms with Crippen LogP contribution < -0.4 is 10.1 Å². The number of carbonyl (C=O) groups excluding carboxylic acids is 1. The maximum Gasteiger partial charge on any atom is 0.255 e. The lowest BCUT2D eigenvalue weighted by Gasteiger charge is -2.09. The minimum absolute atomic E-state index is 0.177. The van der Waals surface area contributed by atoms with Gasteiger partial charge in [-0.05, 0) is 35.9 Å². The smallest absolute Gasteiger partial charge is 0.255 e. The molecular formula is C14H13FN2O2. The van der Waals surface area contributed by atoms with Gasteiger partial charge < -0.3 is 10.1 Å². The molecule has 0 fully saturated rings. The van der Waals surface area contributed by atoms with Gasteiger partial charge in [0.15, 0.2) is 0 Å². The lowest BCUT2D eigenvalue weighted by Crippen LogP contribution is -2.23. The van der Waals surface area contributed by atoms with Crippen molar-refractivity contribution in [3.8, 4) is 5.75 Å². The fourth-order valence-corrected chi connectivity index (χ4v) is 1.64. The molecule has 19 heavy (non-hydrogen) atoms. The van der Waals surface area contributed by atoms with Crippen LogP contribution in [0.3, 0.4) is 0 Å². The number of halogens is 1. The van der Waals surface area contributed by atoms with Gasteiger partial charge in [0.2, 0.25) is 0 Å². The molecule has 0 radical (unpaired) electrons. The van der Waals surface area contributed by atoms with Crippen molar-refractivity contribution in [2.24, 2.45) is 0 Å². The second-order valence-electron chi connectivity index (χ2n) is 3.88. The quantitative estimate of drug-likeness (QED) is 0.916. The lowest BCUT2D eigenvalue weighted by atomic mass is 10.1. The van der Waals surface area contributed by atoms with Gasteiger partial charge in [0.25, 0.3) is 5.91 Å². The van der Waals surface area contributed by atoms with Crippen LogP contribution in [0.4, 0.5) is 4.39 Å². The Hall–Kier alpha value is -2.43. The predicted molar refractivity (Wildman–Crippen MR) is 68.4 cm³/mol. The van der Waals surface area contributed by atoms with E-state index in [9.17, 15) is 9.18 Å². The van der Waals surface area contributed by atoms with E-state index in [0.29, 0.717) is 12.3 Å². The van der Waals surface area contributed by atoms with Crippen molar-refractivity contribution in [3.63, 3.8) is 0 Å². The van der Waals surface area contributed by atoms with E-state index in [1.165, 1.54) is 19.2 Å². The van der Waals surface area contributed by atoms with E-state index in [1.54, 1.807) is 24.5 Å². The molecule has 2 rings (SSSR count). The van der Waals surface area contributed by atoms with Crippen LogP contribution in [0.5, 0.6) is 5.75 Å². The van der Waals surface area contributed by atoms with Gasteiger partial charge in [-0.1, -0.05) is 0 Å². The Bertz CT molecular complexity index is 573. The molecule has 5 heteroatoms. The summed E-state index contributed by atoms with van der Waals surface area (Å²) >= 11 is 0. The van der Waals surface area contributed by atoms with Crippen LogP contribution >= 0.6 is 0 Å². The number of amides is 1. The van der Waals surface area contributed by atoms with Crippen LogP contribution in [0.2, 0.25) is 0 Å². The summed E-state index contributed by atoms with van der Waals surface area (Å²) in [6, 6.07) is 7.42. The summed E-state index contributed by atoms with van der Waals surface area (Å²) in [5.41, 5.74) is 1.09. The molecule has 0 bridgehead atoms. The molecule has 98 valence electrons. The van der Waals surface area contributed by atoms with Gasteiger partial charge in [-0.2, -0.15) is 0 Å². The molecule has 0 aliphatic heterocycles. The lowest BCUT2D eigenvalue weighted by molar-refractivity contribution is 0.0947. The highest BCUT2D eigenvalue weighted by Crippen LogP contribution is 2.19. The van der Waals surface area contributed by atoms with Crippen LogP contribution in [-0.4, -0.2) is 18.0 Å². The minimum atomic E-state index is -0.477. The van der Waals surface area contributed by atoms with E-state index >= 15 is 0 Å². The van der Waals surface area contributed by atoms with Crippen LogP contribution in [0.25, 0.3) is 0 Å². The van der Waals surface area contributed by atoms with Gasteiger partial charge in [-0.3, -0.25) is 9.78 Å². The van der Waals surface area contributed by atoms with E-state index < -0.39 is 5.82 Å². The Labute approximate surface area is 110 Å². The maximum absolute atomic E-state index is 13.2. The van der Waals surface area contributed by atoms with Crippen LogP contribution in [0, 0.1) is 5.82 Å². The number of carbonyl (C=O) groups is 1. The molecule has 0 aliphatic carbocycles. The third kappa shape index (κ3) is 3.28. The number of hydrogen-bond acceptors (Lipinski definition) is 3. The zero-order valence-electron chi connectivity index (χ0n) is 10.4. The van der Waals surface area contributed by atoms with E-state index in [0.717, 1.165) is 11.6 Å². The first-order valence-corrected chi connectivity index (χ1v) is 5.71. The zero-order chi connectivity index (χ0) is 13.7. The van der Waals surface area contributed by atoms with E-state index in [2.05, 4.69) is 10.3 Å². The van der Waals surface area contributed by atoms with Gasteiger partial charge in [-0.15, -0.1) is 0 Å². The topological polar surface area (TPSA) is 51.2 Å². The number of rotatable bonds is 4. The highest BCUT2D eigenvalue weighted by molar-refractivity contribution is 5.96. The van der Waals surface area contributed by atoms with Crippen molar-refractivity contribution in [2.75, 3.05) is 7.11 Å². The summed E-state index contributed by atoms with van der Waals surface area (Å²) in [5, 5.41) is 2.70. The van der Waals surface area contributed by atoms with Crippen molar-refractivity contribution in [1.29, 1.82) is 0 Å². The highest BCUT2D eigenvalue weighted by Gasteiger charge is 2.12. The summed E-state index contributed by atoms with van der Waals surface area (Å²) in [5.74, 6) is -0.517. The first-order valence-electron chi connectivity index (χ1n) is 5.71. The summed E-state index contributed by atoms with van der Waals surface area (Å²) in [7, 11) is 1.44. The number of nitrogens with one attached hydrogen (secondary N) is 1. The summed E-state index contributed by atoms with van der Waals surface area (Å²) in [4.78, 5) is 15.9. The Morgan fingerprint density at radius 1 is 1.32 bits per heavy atom. The molecule has 0 saturated carbocycles. The van der Waals surface area contributed by atoms with Gasteiger partial charge in [0.1, 0.15) is 11.6 Å². The first kappa shape index (κ1) is 13.0. The molecule has 2 aromatic rings. The van der Waals surface area contributed by atoms with E-state index in [4.69, 9.17) is 4.74 Å². The maximum atomic E-state index is 13.2. The molecular weight excluding hydrogens is 247 g/mol. The molecule has 0 saturated heterocycles. The Kier molecular flexibility index (Phi) is 4.07. The van der Waals surface area contributed by atoms with Crippen molar-refractivity contribution in [2.45, 2.75) is 6.54 Å². The largest absolute Gasteiger partial charge is 0.496 e. The third-order valence-corrected chi connectivity index (χ3v) is 2.61. The summed E-state index contributed by atoms with van der Waals surface area (Å²) < 4.78 is 18.2. The predicted octanol–water partition coefficient (Wildman–Crippen LogP) is 2.16. The van der Waals surface area contributed by atoms with Crippen LogP contribution in [-0.2, 0) is 6.54 Å². The van der Waals surface area contributed by atoms with Crippen molar-refractivity contribution in [3.05, 3.63) is 59.7 Å². The number of benzene rings is 1. The molecule has 1 N–H and O–H groups in total. The van der Waals surface area contributed by atoms with Gasteiger partial charge in [0.05, 0.1) is 12.7 Å². The van der Waals surface area contributed by atoms with Crippen molar-refractivity contribution in [1.82, 2.24) is 10.3 Å².